The molecule has 0 atom stereocenters. The Kier molecular flexibility index (Phi) is 4.86. The molecule has 5 heteroatoms. The average molecular weight is 368 g/mol. The summed E-state index contributed by atoms with van der Waals surface area (Å²) in [6.07, 6.45) is 0. The van der Waals surface area contributed by atoms with E-state index in [-0.39, 0.29) is 11.4 Å². The number of aryl methyl sites for hydroxylation is 3. The fourth-order valence-electron chi connectivity index (χ4n) is 1.92. The molecule has 0 bridgehead atoms. The van der Waals surface area contributed by atoms with E-state index in [2.05, 4.69) is 20.7 Å². The number of rotatable bonds is 4. The van der Waals surface area contributed by atoms with Crippen molar-refractivity contribution in [3.63, 3.8) is 0 Å². The number of halogens is 1. The predicted molar refractivity (Wildman–Crippen MR) is 88.8 cm³/mol. The summed E-state index contributed by atoms with van der Waals surface area (Å²) in [6.45, 7) is 6.14. The third kappa shape index (κ3) is 3.93. The van der Waals surface area contributed by atoms with E-state index in [0.717, 1.165) is 22.3 Å². The largest absolute Gasteiger partial charge is 0.242 e. The Morgan fingerprint density at radius 3 is 2.19 bits per heavy atom. The molecule has 21 heavy (non-hydrogen) atoms. The summed E-state index contributed by atoms with van der Waals surface area (Å²) in [5, 5.41) is 0. The molecule has 0 aliphatic heterocycles. The molecule has 0 aliphatic carbocycles. The molecular weight excluding hydrogens is 350 g/mol. The Morgan fingerprint density at radius 1 is 1.00 bits per heavy atom. The van der Waals surface area contributed by atoms with Crippen LogP contribution in [0, 0.1) is 20.8 Å². The van der Waals surface area contributed by atoms with Gasteiger partial charge in [-0.25, -0.2) is 13.1 Å². The highest BCUT2D eigenvalue weighted by Crippen LogP contribution is 2.25. The van der Waals surface area contributed by atoms with Crippen LogP contribution < -0.4 is 4.72 Å². The Hall–Kier alpha value is -1.17. The SMILES string of the molecule is Cc1ccc(CNS(=O)(=O)c2cc(C)c(C)cc2Br)cc1. The van der Waals surface area contributed by atoms with Gasteiger partial charge in [0.15, 0.2) is 0 Å². The van der Waals surface area contributed by atoms with E-state index in [1.807, 2.05) is 51.1 Å². The summed E-state index contributed by atoms with van der Waals surface area (Å²) in [5.41, 5.74) is 4.09. The molecule has 0 aliphatic rings. The van der Waals surface area contributed by atoms with Crippen molar-refractivity contribution in [1.29, 1.82) is 0 Å². The van der Waals surface area contributed by atoms with Crippen LogP contribution in [0.5, 0.6) is 0 Å². The molecule has 1 N–H and O–H groups in total. The van der Waals surface area contributed by atoms with Gasteiger partial charge in [-0.1, -0.05) is 29.8 Å². The Balaban J connectivity index is 2.22. The zero-order valence-electron chi connectivity index (χ0n) is 12.3. The summed E-state index contributed by atoms with van der Waals surface area (Å²) in [5.74, 6) is 0. The molecule has 3 nitrogen and oxygen atoms in total. The first kappa shape index (κ1) is 16.2. The molecule has 0 saturated carbocycles. The van der Waals surface area contributed by atoms with Crippen LogP contribution in [-0.2, 0) is 16.6 Å². The topological polar surface area (TPSA) is 46.2 Å². The number of benzene rings is 2. The van der Waals surface area contributed by atoms with Crippen molar-refractivity contribution >= 4 is 26.0 Å². The number of hydrogen-bond acceptors (Lipinski definition) is 2. The van der Waals surface area contributed by atoms with Crippen molar-refractivity contribution in [2.75, 3.05) is 0 Å². The first-order valence-corrected chi connectivity index (χ1v) is 8.89. The molecule has 0 aromatic heterocycles. The zero-order valence-corrected chi connectivity index (χ0v) is 14.7. The lowest BCUT2D eigenvalue weighted by atomic mass is 10.1. The highest BCUT2D eigenvalue weighted by molar-refractivity contribution is 9.10. The zero-order chi connectivity index (χ0) is 15.6. The standard InChI is InChI=1S/C16H18BrNO2S/c1-11-4-6-14(7-5-11)10-18-21(19,20)16-9-13(3)12(2)8-15(16)17/h4-9,18H,10H2,1-3H3. The van der Waals surface area contributed by atoms with Crippen molar-refractivity contribution in [3.05, 3.63) is 63.1 Å². The van der Waals surface area contributed by atoms with Gasteiger partial charge in [-0.05, 0) is 65.5 Å². The minimum Gasteiger partial charge on any atom is -0.207 e. The van der Waals surface area contributed by atoms with E-state index in [1.54, 1.807) is 6.07 Å². The van der Waals surface area contributed by atoms with Gasteiger partial charge in [0, 0.05) is 11.0 Å². The second kappa shape index (κ2) is 6.30. The Morgan fingerprint density at radius 2 is 1.57 bits per heavy atom. The smallest absolute Gasteiger partial charge is 0.207 e. The first-order chi connectivity index (χ1) is 9.79. The maximum atomic E-state index is 12.4. The maximum absolute atomic E-state index is 12.4. The molecule has 0 heterocycles. The minimum atomic E-state index is -3.54. The van der Waals surface area contributed by atoms with Gasteiger partial charge in [0.25, 0.3) is 0 Å². The van der Waals surface area contributed by atoms with Gasteiger partial charge in [-0.3, -0.25) is 0 Å². The number of sulfonamides is 1. The third-order valence-corrected chi connectivity index (χ3v) is 5.78. The highest BCUT2D eigenvalue weighted by atomic mass is 79.9. The second-order valence-electron chi connectivity index (χ2n) is 5.18. The average Bonchev–Trinajstić information content (AvgIpc) is 2.42. The third-order valence-electron chi connectivity index (χ3n) is 3.42. The van der Waals surface area contributed by atoms with Crippen LogP contribution in [0.3, 0.4) is 0 Å². The maximum Gasteiger partial charge on any atom is 0.242 e. The molecule has 2 rings (SSSR count). The van der Waals surface area contributed by atoms with Crippen molar-refractivity contribution in [1.82, 2.24) is 4.72 Å². The molecule has 112 valence electrons. The summed E-state index contributed by atoms with van der Waals surface area (Å²) in [6, 6.07) is 11.3. The lowest BCUT2D eigenvalue weighted by Crippen LogP contribution is -2.23. The van der Waals surface area contributed by atoms with Crippen LogP contribution in [0.25, 0.3) is 0 Å². The molecule has 2 aromatic carbocycles. The summed E-state index contributed by atoms with van der Waals surface area (Å²) >= 11 is 3.33. The van der Waals surface area contributed by atoms with Gasteiger partial charge in [0.05, 0.1) is 4.90 Å². The van der Waals surface area contributed by atoms with E-state index in [9.17, 15) is 8.42 Å². The molecular formula is C16H18BrNO2S. The summed E-state index contributed by atoms with van der Waals surface area (Å²) in [7, 11) is -3.54. The first-order valence-electron chi connectivity index (χ1n) is 6.61. The van der Waals surface area contributed by atoms with Crippen LogP contribution in [-0.4, -0.2) is 8.42 Å². The van der Waals surface area contributed by atoms with Crippen LogP contribution in [0.15, 0.2) is 45.8 Å². The fourth-order valence-corrected chi connectivity index (χ4v) is 4.18. The molecule has 0 fully saturated rings. The van der Waals surface area contributed by atoms with Crippen molar-refractivity contribution in [3.8, 4) is 0 Å². The molecule has 0 unspecified atom stereocenters. The van der Waals surface area contributed by atoms with Crippen molar-refractivity contribution in [2.45, 2.75) is 32.2 Å². The number of hydrogen-bond donors (Lipinski definition) is 1. The number of nitrogens with one attached hydrogen (secondary N) is 1. The lowest BCUT2D eigenvalue weighted by Gasteiger charge is -2.11. The van der Waals surface area contributed by atoms with Crippen molar-refractivity contribution in [2.24, 2.45) is 0 Å². The van der Waals surface area contributed by atoms with E-state index < -0.39 is 10.0 Å². The monoisotopic (exact) mass is 367 g/mol. The van der Waals surface area contributed by atoms with Crippen LogP contribution in [0.1, 0.15) is 22.3 Å². The van der Waals surface area contributed by atoms with Gasteiger partial charge in [-0.15, -0.1) is 0 Å². The van der Waals surface area contributed by atoms with E-state index in [4.69, 9.17) is 0 Å². The lowest BCUT2D eigenvalue weighted by molar-refractivity contribution is 0.580. The molecule has 0 spiro atoms. The quantitative estimate of drug-likeness (QED) is 0.891. The molecule has 2 aromatic rings. The second-order valence-corrected chi connectivity index (χ2v) is 7.77. The van der Waals surface area contributed by atoms with Gasteiger partial charge in [0.1, 0.15) is 0 Å². The highest BCUT2D eigenvalue weighted by Gasteiger charge is 2.18. The Labute approximate surface area is 134 Å². The van der Waals surface area contributed by atoms with Crippen LogP contribution in [0.2, 0.25) is 0 Å². The van der Waals surface area contributed by atoms with E-state index >= 15 is 0 Å². The van der Waals surface area contributed by atoms with Gasteiger partial charge in [-0.2, -0.15) is 0 Å². The molecule has 0 radical (unpaired) electrons. The molecule has 0 amide bonds. The summed E-state index contributed by atoms with van der Waals surface area (Å²) in [4.78, 5) is 0.276. The van der Waals surface area contributed by atoms with Crippen molar-refractivity contribution < 1.29 is 8.42 Å². The van der Waals surface area contributed by atoms with Gasteiger partial charge in [0.2, 0.25) is 10.0 Å². The van der Waals surface area contributed by atoms with E-state index in [1.165, 1.54) is 0 Å². The normalized spacial score (nSPS) is 11.6. The van der Waals surface area contributed by atoms with Crippen LogP contribution in [0.4, 0.5) is 0 Å². The predicted octanol–water partition coefficient (Wildman–Crippen LogP) is 3.85. The van der Waals surface area contributed by atoms with Gasteiger partial charge < -0.3 is 0 Å². The fraction of sp³-hybridized carbons (Fsp3) is 0.250. The van der Waals surface area contributed by atoms with Crippen LogP contribution >= 0.6 is 15.9 Å². The Bertz CT molecular complexity index is 753. The van der Waals surface area contributed by atoms with E-state index in [0.29, 0.717) is 4.47 Å². The summed E-state index contributed by atoms with van der Waals surface area (Å²) < 4.78 is 28.1. The minimum absolute atomic E-state index is 0.276. The van der Waals surface area contributed by atoms with Gasteiger partial charge >= 0.3 is 0 Å². The molecule has 0 saturated heterocycles.